The summed E-state index contributed by atoms with van der Waals surface area (Å²) in [6, 6.07) is 2.69. The second-order valence-corrected chi connectivity index (χ2v) is 6.22. The molecule has 0 saturated heterocycles. The molecule has 1 aromatic heterocycles. The Hall–Kier alpha value is -0.380. The molecule has 2 aliphatic carbocycles. The Labute approximate surface area is 101 Å². The monoisotopic (exact) mass is 237 g/mol. The van der Waals surface area contributed by atoms with Crippen molar-refractivity contribution in [2.75, 3.05) is 0 Å². The summed E-state index contributed by atoms with van der Waals surface area (Å²) in [6.07, 6.45) is 7.05. The topological polar surface area (TPSA) is 32.3 Å². The fraction of sp³-hybridized carbons (Fsp3) is 0.692. The molecule has 0 spiro atoms. The predicted molar refractivity (Wildman–Crippen MR) is 66.8 cm³/mol. The predicted octanol–water partition coefficient (Wildman–Crippen LogP) is 2.24. The number of thiophene rings is 1. The molecule has 3 rings (SSSR count). The van der Waals surface area contributed by atoms with E-state index in [-0.39, 0.29) is 6.10 Å². The van der Waals surface area contributed by atoms with Crippen molar-refractivity contribution in [1.29, 1.82) is 0 Å². The molecule has 3 heteroatoms. The zero-order valence-corrected chi connectivity index (χ0v) is 10.4. The molecular weight excluding hydrogens is 218 g/mol. The van der Waals surface area contributed by atoms with Crippen molar-refractivity contribution >= 4 is 11.3 Å². The number of aliphatic hydroxyl groups excluding tert-OH is 1. The van der Waals surface area contributed by atoms with E-state index in [2.05, 4.69) is 11.4 Å². The van der Waals surface area contributed by atoms with Crippen molar-refractivity contribution in [1.82, 2.24) is 5.32 Å². The van der Waals surface area contributed by atoms with Gasteiger partial charge in [0.25, 0.3) is 0 Å². The van der Waals surface area contributed by atoms with E-state index in [9.17, 15) is 5.11 Å². The number of aryl methyl sites for hydroxylation is 2. The molecule has 0 radical (unpaired) electrons. The summed E-state index contributed by atoms with van der Waals surface area (Å²) in [5.74, 6) is 0. The van der Waals surface area contributed by atoms with Crippen LogP contribution in [-0.2, 0) is 19.4 Å². The molecule has 1 saturated carbocycles. The molecule has 2 nitrogen and oxygen atoms in total. The lowest BCUT2D eigenvalue weighted by atomic mass is 10.2. The van der Waals surface area contributed by atoms with Crippen molar-refractivity contribution in [3.05, 3.63) is 21.4 Å². The van der Waals surface area contributed by atoms with Gasteiger partial charge in [-0.15, -0.1) is 11.3 Å². The lowest BCUT2D eigenvalue weighted by molar-refractivity contribution is 0.149. The van der Waals surface area contributed by atoms with Crippen molar-refractivity contribution in [2.24, 2.45) is 0 Å². The van der Waals surface area contributed by atoms with Crippen LogP contribution in [0.15, 0.2) is 6.07 Å². The van der Waals surface area contributed by atoms with Crippen molar-refractivity contribution in [3.63, 3.8) is 0 Å². The Kier molecular flexibility index (Phi) is 3.01. The SMILES string of the molecule is O[C@H]1CCC[C@@H]1NCc1cc2c(s1)CCC2. The summed E-state index contributed by atoms with van der Waals surface area (Å²) >= 11 is 1.96. The van der Waals surface area contributed by atoms with Gasteiger partial charge < -0.3 is 10.4 Å². The third-order valence-corrected chi connectivity index (χ3v) is 5.05. The quantitative estimate of drug-likeness (QED) is 0.845. The van der Waals surface area contributed by atoms with Crippen molar-refractivity contribution in [2.45, 2.75) is 57.2 Å². The van der Waals surface area contributed by atoms with Gasteiger partial charge in [-0.25, -0.2) is 0 Å². The van der Waals surface area contributed by atoms with Crippen LogP contribution < -0.4 is 5.32 Å². The molecule has 2 atom stereocenters. The van der Waals surface area contributed by atoms with E-state index < -0.39 is 0 Å². The molecule has 0 amide bonds. The normalized spacial score (nSPS) is 28.6. The molecule has 0 aliphatic heterocycles. The fourth-order valence-electron chi connectivity index (χ4n) is 2.89. The van der Waals surface area contributed by atoms with Gasteiger partial charge >= 0.3 is 0 Å². The Balaban J connectivity index is 1.58. The molecule has 1 fully saturated rings. The molecule has 0 bridgehead atoms. The minimum absolute atomic E-state index is 0.119. The largest absolute Gasteiger partial charge is 0.392 e. The third kappa shape index (κ3) is 2.04. The summed E-state index contributed by atoms with van der Waals surface area (Å²) < 4.78 is 0. The molecule has 16 heavy (non-hydrogen) atoms. The van der Waals surface area contributed by atoms with Gasteiger partial charge in [0.2, 0.25) is 0 Å². The third-order valence-electron chi connectivity index (χ3n) is 3.82. The molecule has 1 aromatic rings. The van der Waals surface area contributed by atoms with Crippen LogP contribution in [0.25, 0.3) is 0 Å². The summed E-state index contributed by atoms with van der Waals surface area (Å²) in [6.45, 7) is 0.944. The first-order chi connectivity index (χ1) is 7.83. The van der Waals surface area contributed by atoms with Gasteiger partial charge in [-0.2, -0.15) is 0 Å². The van der Waals surface area contributed by atoms with Crippen LogP contribution in [0, 0.1) is 0 Å². The minimum atomic E-state index is -0.119. The molecule has 2 N–H and O–H groups in total. The van der Waals surface area contributed by atoms with Gasteiger partial charge in [-0.3, -0.25) is 0 Å². The summed E-state index contributed by atoms with van der Waals surface area (Å²) in [5.41, 5.74) is 1.58. The number of fused-ring (bicyclic) bond motifs is 1. The van der Waals surface area contributed by atoms with E-state index in [0.29, 0.717) is 6.04 Å². The first-order valence-electron chi connectivity index (χ1n) is 6.35. The number of nitrogens with one attached hydrogen (secondary N) is 1. The van der Waals surface area contributed by atoms with Gasteiger partial charge in [0.1, 0.15) is 0 Å². The van der Waals surface area contributed by atoms with Crippen LogP contribution in [0.2, 0.25) is 0 Å². The maximum Gasteiger partial charge on any atom is 0.0693 e. The van der Waals surface area contributed by atoms with Gasteiger partial charge in [0, 0.05) is 22.3 Å². The van der Waals surface area contributed by atoms with E-state index in [0.717, 1.165) is 19.4 Å². The molecular formula is C13H19NOS. The smallest absolute Gasteiger partial charge is 0.0693 e. The molecule has 88 valence electrons. The number of hydrogen-bond acceptors (Lipinski definition) is 3. The lowest BCUT2D eigenvalue weighted by Gasteiger charge is -2.15. The molecule has 2 aliphatic rings. The van der Waals surface area contributed by atoms with Gasteiger partial charge in [-0.05, 0) is 50.2 Å². The highest BCUT2D eigenvalue weighted by molar-refractivity contribution is 7.12. The minimum Gasteiger partial charge on any atom is -0.392 e. The average Bonchev–Trinajstić information content (AvgIpc) is 2.89. The van der Waals surface area contributed by atoms with Crippen LogP contribution in [0.3, 0.4) is 0 Å². The summed E-state index contributed by atoms with van der Waals surface area (Å²) in [4.78, 5) is 3.05. The van der Waals surface area contributed by atoms with Crippen LogP contribution in [0.5, 0.6) is 0 Å². The van der Waals surface area contributed by atoms with E-state index >= 15 is 0 Å². The number of rotatable bonds is 3. The van der Waals surface area contributed by atoms with Gasteiger partial charge in [0.15, 0.2) is 0 Å². The van der Waals surface area contributed by atoms with Gasteiger partial charge in [-0.1, -0.05) is 0 Å². The Morgan fingerprint density at radius 1 is 1.31 bits per heavy atom. The highest BCUT2D eigenvalue weighted by Gasteiger charge is 2.24. The van der Waals surface area contributed by atoms with E-state index in [1.165, 1.54) is 30.6 Å². The molecule has 1 heterocycles. The van der Waals surface area contributed by atoms with Crippen LogP contribution in [-0.4, -0.2) is 17.3 Å². The Morgan fingerprint density at radius 2 is 2.25 bits per heavy atom. The highest BCUT2D eigenvalue weighted by atomic mass is 32.1. The lowest BCUT2D eigenvalue weighted by Crippen LogP contribution is -2.34. The van der Waals surface area contributed by atoms with Crippen LogP contribution >= 0.6 is 11.3 Å². The fourth-order valence-corrected chi connectivity index (χ4v) is 4.10. The maximum atomic E-state index is 9.73. The zero-order valence-electron chi connectivity index (χ0n) is 9.54. The van der Waals surface area contributed by atoms with E-state index in [1.807, 2.05) is 11.3 Å². The van der Waals surface area contributed by atoms with Crippen molar-refractivity contribution < 1.29 is 5.11 Å². The van der Waals surface area contributed by atoms with E-state index in [4.69, 9.17) is 0 Å². The first-order valence-corrected chi connectivity index (χ1v) is 7.16. The second kappa shape index (κ2) is 4.47. The first kappa shape index (κ1) is 10.8. The number of aliphatic hydroxyl groups is 1. The Morgan fingerprint density at radius 3 is 3.00 bits per heavy atom. The van der Waals surface area contributed by atoms with E-state index in [1.54, 1.807) is 10.4 Å². The van der Waals surface area contributed by atoms with Gasteiger partial charge in [0.05, 0.1) is 6.10 Å². The standard InChI is InChI=1S/C13H19NOS/c15-12-5-2-4-11(12)14-8-10-7-9-3-1-6-13(9)16-10/h7,11-12,14-15H,1-6,8H2/t11-,12-/m0/s1. The van der Waals surface area contributed by atoms with Crippen molar-refractivity contribution in [3.8, 4) is 0 Å². The molecule has 0 aromatic carbocycles. The summed E-state index contributed by atoms with van der Waals surface area (Å²) in [7, 11) is 0. The Bertz CT molecular complexity index is 353. The average molecular weight is 237 g/mol. The summed E-state index contributed by atoms with van der Waals surface area (Å²) in [5, 5.41) is 13.2. The number of hydrogen-bond donors (Lipinski definition) is 2. The maximum absolute atomic E-state index is 9.73. The highest BCUT2D eigenvalue weighted by Crippen LogP contribution is 2.30. The van der Waals surface area contributed by atoms with Crippen LogP contribution in [0.4, 0.5) is 0 Å². The van der Waals surface area contributed by atoms with Crippen LogP contribution in [0.1, 0.15) is 41.0 Å². The zero-order chi connectivity index (χ0) is 11.0. The molecule has 0 unspecified atom stereocenters. The second-order valence-electron chi connectivity index (χ2n) is 5.00.